The topological polar surface area (TPSA) is 92.3 Å². The standard InChI is InChI=1S/C17H22N4O3S2/c1-11(2)16-19-20-17(25-16)18-15(22)14-5-4-10-21(14)26(23,24)13-8-6-12(3)7-9-13/h6-9,11,14H,4-5,10H2,1-3H3,(H,18,20,22)/t14-/m1/s1. The molecule has 0 saturated carbocycles. The van der Waals surface area contributed by atoms with Gasteiger partial charge in [0.15, 0.2) is 0 Å². The Hall–Kier alpha value is -1.84. The predicted molar refractivity (Wildman–Crippen MR) is 101 cm³/mol. The number of nitrogens with zero attached hydrogens (tertiary/aromatic N) is 3. The molecule has 26 heavy (non-hydrogen) atoms. The molecule has 0 bridgehead atoms. The van der Waals surface area contributed by atoms with Gasteiger partial charge >= 0.3 is 0 Å². The third-order valence-corrected chi connectivity index (χ3v) is 7.36. The van der Waals surface area contributed by atoms with Crippen LogP contribution < -0.4 is 5.32 Å². The molecule has 0 unspecified atom stereocenters. The van der Waals surface area contributed by atoms with Crippen molar-refractivity contribution in [3.63, 3.8) is 0 Å². The molecule has 1 aliphatic heterocycles. The summed E-state index contributed by atoms with van der Waals surface area (Å²) in [7, 11) is -3.71. The number of carbonyl (C=O) groups excluding carboxylic acids is 1. The predicted octanol–water partition coefficient (Wildman–Crippen LogP) is 2.76. The highest BCUT2D eigenvalue weighted by atomic mass is 32.2. The second kappa shape index (κ2) is 7.42. The van der Waals surface area contributed by atoms with E-state index < -0.39 is 16.1 Å². The van der Waals surface area contributed by atoms with Crippen molar-refractivity contribution in [2.45, 2.75) is 50.5 Å². The average molecular weight is 395 g/mol. The molecule has 7 nitrogen and oxygen atoms in total. The molecule has 1 amide bonds. The molecular formula is C17H22N4O3S2. The SMILES string of the molecule is Cc1ccc(S(=O)(=O)N2CCC[C@@H]2C(=O)Nc2nnc(C(C)C)s2)cc1. The van der Waals surface area contributed by atoms with Crippen LogP contribution in [0.2, 0.25) is 0 Å². The molecule has 1 aliphatic rings. The lowest BCUT2D eigenvalue weighted by molar-refractivity contribution is -0.119. The van der Waals surface area contributed by atoms with Gasteiger partial charge in [0.1, 0.15) is 11.0 Å². The minimum Gasteiger partial charge on any atom is -0.299 e. The van der Waals surface area contributed by atoms with Crippen LogP contribution in [-0.2, 0) is 14.8 Å². The lowest BCUT2D eigenvalue weighted by Gasteiger charge is -2.23. The molecule has 0 aliphatic carbocycles. The molecule has 1 aromatic heterocycles. The molecule has 1 fully saturated rings. The zero-order chi connectivity index (χ0) is 18.9. The number of carbonyl (C=O) groups is 1. The number of nitrogens with one attached hydrogen (secondary N) is 1. The monoisotopic (exact) mass is 394 g/mol. The molecule has 2 aromatic rings. The quantitative estimate of drug-likeness (QED) is 0.842. The van der Waals surface area contributed by atoms with E-state index in [9.17, 15) is 13.2 Å². The summed E-state index contributed by atoms with van der Waals surface area (Å²) in [5.74, 6) is -0.132. The molecule has 1 saturated heterocycles. The zero-order valence-corrected chi connectivity index (χ0v) is 16.6. The van der Waals surface area contributed by atoms with E-state index in [1.165, 1.54) is 15.6 Å². The van der Waals surface area contributed by atoms with Crippen LogP contribution in [0.5, 0.6) is 0 Å². The van der Waals surface area contributed by atoms with Gasteiger partial charge in [0, 0.05) is 12.5 Å². The van der Waals surface area contributed by atoms with Gasteiger partial charge in [-0.05, 0) is 31.9 Å². The number of amides is 1. The number of aryl methyl sites for hydroxylation is 1. The maximum Gasteiger partial charge on any atom is 0.244 e. The number of benzene rings is 1. The molecule has 140 valence electrons. The highest BCUT2D eigenvalue weighted by Gasteiger charge is 2.39. The number of aromatic nitrogens is 2. The Morgan fingerprint density at radius 2 is 1.96 bits per heavy atom. The van der Waals surface area contributed by atoms with Gasteiger partial charge in [-0.1, -0.05) is 42.9 Å². The van der Waals surface area contributed by atoms with Gasteiger partial charge in [-0.25, -0.2) is 8.42 Å². The van der Waals surface area contributed by atoms with Crippen molar-refractivity contribution in [2.75, 3.05) is 11.9 Å². The Bertz CT molecular complexity index is 891. The summed E-state index contributed by atoms with van der Waals surface area (Å²) in [5.41, 5.74) is 0.983. The zero-order valence-electron chi connectivity index (χ0n) is 15.0. The third kappa shape index (κ3) is 3.79. The van der Waals surface area contributed by atoms with E-state index >= 15 is 0 Å². The van der Waals surface area contributed by atoms with Crippen LogP contribution in [0.4, 0.5) is 5.13 Å². The summed E-state index contributed by atoms with van der Waals surface area (Å²) in [6.45, 7) is 6.23. The molecule has 1 atom stereocenters. The second-order valence-corrected chi connectivity index (χ2v) is 9.58. The summed E-state index contributed by atoms with van der Waals surface area (Å²) >= 11 is 1.31. The summed E-state index contributed by atoms with van der Waals surface area (Å²) in [5, 5.41) is 12.0. The number of sulfonamides is 1. The first-order valence-electron chi connectivity index (χ1n) is 8.52. The van der Waals surface area contributed by atoms with Crippen molar-refractivity contribution >= 4 is 32.4 Å². The molecule has 1 aromatic carbocycles. The van der Waals surface area contributed by atoms with Crippen molar-refractivity contribution in [1.29, 1.82) is 0 Å². The third-order valence-electron chi connectivity index (χ3n) is 4.30. The molecular weight excluding hydrogens is 372 g/mol. The fourth-order valence-electron chi connectivity index (χ4n) is 2.84. The van der Waals surface area contributed by atoms with Crippen molar-refractivity contribution < 1.29 is 13.2 Å². The number of anilines is 1. The fourth-order valence-corrected chi connectivity index (χ4v) is 5.25. The molecule has 0 spiro atoms. The number of rotatable bonds is 5. The van der Waals surface area contributed by atoms with Gasteiger partial charge in [0.2, 0.25) is 21.1 Å². The van der Waals surface area contributed by atoms with Crippen molar-refractivity contribution in [3.8, 4) is 0 Å². The van der Waals surface area contributed by atoms with Gasteiger partial charge in [-0.3, -0.25) is 10.1 Å². The van der Waals surface area contributed by atoms with Gasteiger partial charge < -0.3 is 0 Å². The van der Waals surface area contributed by atoms with Gasteiger partial charge in [0.25, 0.3) is 0 Å². The number of hydrogen-bond donors (Lipinski definition) is 1. The van der Waals surface area contributed by atoms with Crippen LogP contribution in [0, 0.1) is 6.92 Å². The van der Waals surface area contributed by atoms with Crippen LogP contribution >= 0.6 is 11.3 Å². The van der Waals surface area contributed by atoms with Gasteiger partial charge in [-0.2, -0.15) is 4.31 Å². The van der Waals surface area contributed by atoms with Crippen molar-refractivity contribution in [1.82, 2.24) is 14.5 Å². The van der Waals surface area contributed by atoms with E-state index in [-0.39, 0.29) is 16.7 Å². The van der Waals surface area contributed by atoms with Crippen molar-refractivity contribution in [3.05, 3.63) is 34.8 Å². The first kappa shape index (κ1) is 18.9. The van der Waals surface area contributed by atoms with Crippen LogP contribution in [-0.4, -0.2) is 41.4 Å². The summed E-state index contributed by atoms with van der Waals surface area (Å²) in [6.07, 6.45) is 1.14. The Morgan fingerprint density at radius 1 is 1.27 bits per heavy atom. The summed E-state index contributed by atoms with van der Waals surface area (Å²) in [6, 6.07) is 5.95. The maximum absolute atomic E-state index is 12.9. The van der Waals surface area contributed by atoms with E-state index in [2.05, 4.69) is 15.5 Å². The summed E-state index contributed by atoms with van der Waals surface area (Å²) < 4.78 is 27.1. The number of hydrogen-bond acceptors (Lipinski definition) is 6. The van der Waals surface area contributed by atoms with Crippen LogP contribution in [0.25, 0.3) is 0 Å². The first-order valence-corrected chi connectivity index (χ1v) is 10.8. The second-order valence-electron chi connectivity index (χ2n) is 6.68. The maximum atomic E-state index is 12.9. The minimum absolute atomic E-state index is 0.209. The van der Waals surface area contributed by atoms with Gasteiger partial charge in [-0.15, -0.1) is 10.2 Å². The Balaban J connectivity index is 1.78. The minimum atomic E-state index is -3.71. The highest BCUT2D eigenvalue weighted by Crippen LogP contribution is 2.28. The van der Waals surface area contributed by atoms with Crippen molar-refractivity contribution in [2.24, 2.45) is 0 Å². The fraction of sp³-hybridized carbons (Fsp3) is 0.471. The first-order chi connectivity index (χ1) is 12.3. The van der Waals surface area contributed by atoms with Crippen LogP contribution in [0.3, 0.4) is 0 Å². The molecule has 9 heteroatoms. The van der Waals surface area contributed by atoms with Crippen LogP contribution in [0.1, 0.15) is 43.2 Å². The molecule has 1 N–H and O–H groups in total. The Labute approximate surface area is 157 Å². The van der Waals surface area contributed by atoms with Crippen LogP contribution in [0.15, 0.2) is 29.2 Å². The van der Waals surface area contributed by atoms with E-state index in [0.29, 0.717) is 24.5 Å². The van der Waals surface area contributed by atoms with E-state index in [0.717, 1.165) is 10.6 Å². The van der Waals surface area contributed by atoms with Gasteiger partial charge in [0.05, 0.1) is 4.90 Å². The summed E-state index contributed by atoms with van der Waals surface area (Å²) in [4.78, 5) is 12.9. The lowest BCUT2D eigenvalue weighted by atomic mass is 10.2. The van der Waals surface area contributed by atoms with E-state index in [4.69, 9.17) is 0 Å². The lowest BCUT2D eigenvalue weighted by Crippen LogP contribution is -2.43. The molecule has 3 rings (SSSR count). The van der Waals surface area contributed by atoms with E-state index in [1.54, 1.807) is 24.3 Å². The van der Waals surface area contributed by atoms with E-state index in [1.807, 2.05) is 20.8 Å². The Kier molecular flexibility index (Phi) is 5.40. The normalized spacial score (nSPS) is 18.4. The Morgan fingerprint density at radius 3 is 2.58 bits per heavy atom. The largest absolute Gasteiger partial charge is 0.299 e. The molecule has 0 radical (unpaired) electrons. The molecule has 2 heterocycles. The average Bonchev–Trinajstić information content (AvgIpc) is 3.24. The smallest absolute Gasteiger partial charge is 0.244 e. The highest BCUT2D eigenvalue weighted by molar-refractivity contribution is 7.89.